The molecule has 0 aliphatic rings. The summed E-state index contributed by atoms with van der Waals surface area (Å²) in [7, 11) is 1.16. The first kappa shape index (κ1) is 73.9. The lowest BCUT2D eigenvalue weighted by Gasteiger charge is -2.28. The number of unbranched alkanes of at least 4 members (excludes halogenated alkanes) is 27. The number of carbonyl (C=O) groups excluding carboxylic acids is 2. The SMILES string of the molecule is CC/C=C\C/C=C\C/C=C\C/C=C\C/C=C\C/C=C\CCCCCCCCCCCCCCCCCCCCC(=O)OC(COC(=O)CCCCCCC/C=C\C/C=C\CCCCCC)COP(=O)([O-])OCC[N+](C)(C)C. The van der Waals surface area contributed by atoms with E-state index in [-0.39, 0.29) is 26.1 Å². The molecule has 0 fully saturated rings. The molecule has 0 amide bonds. The van der Waals surface area contributed by atoms with Gasteiger partial charge >= 0.3 is 11.9 Å². The first-order chi connectivity index (χ1) is 37.5. The molecule has 0 aliphatic carbocycles. The highest BCUT2D eigenvalue weighted by Crippen LogP contribution is 2.38. The lowest BCUT2D eigenvalue weighted by Crippen LogP contribution is -2.37. The maximum absolute atomic E-state index is 12.8. The van der Waals surface area contributed by atoms with E-state index in [9.17, 15) is 19.0 Å². The molecule has 0 radical (unpaired) electrons. The first-order valence-electron chi connectivity index (χ1n) is 31.4. The average Bonchev–Trinajstić information content (AvgIpc) is 3.39. The van der Waals surface area contributed by atoms with Crippen LogP contribution in [0, 0.1) is 0 Å². The van der Waals surface area contributed by atoms with E-state index in [0.29, 0.717) is 23.9 Å². The van der Waals surface area contributed by atoms with Gasteiger partial charge in [-0.2, -0.15) is 0 Å². The zero-order valence-electron chi connectivity index (χ0n) is 50.4. The number of hydrogen-bond acceptors (Lipinski definition) is 8. The number of phosphoric ester groups is 1. The van der Waals surface area contributed by atoms with Gasteiger partial charge in [0.05, 0.1) is 27.7 Å². The highest BCUT2D eigenvalue weighted by molar-refractivity contribution is 7.45. The molecule has 0 saturated heterocycles. The van der Waals surface area contributed by atoms with Gasteiger partial charge in [0.15, 0.2) is 6.10 Å². The summed E-state index contributed by atoms with van der Waals surface area (Å²) in [4.78, 5) is 37.9. The number of rotatable bonds is 57. The van der Waals surface area contributed by atoms with Gasteiger partial charge in [0.2, 0.25) is 0 Å². The average molecular weight is 1100 g/mol. The van der Waals surface area contributed by atoms with Crippen LogP contribution in [0.3, 0.4) is 0 Å². The quantitative estimate of drug-likeness (QED) is 0.0195. The first-order valence-corrected chi connectivity index (χ1v) is 32.9. The third kappa shape index (κ3) is 62.0. The molecule has 444 valence electrons. The van der Waals surface area contributed by atoms with Gasteiger partial charge in [-0.25, -0.2) is 0 Å². The van der Waals surface area contributed by atoms with Gasteiger partial charge in [0, 0.05) is 12.8 Å². The molecule has 0 heterocycles. The fraction of sp³-hybridized carbons (Fsp3) is 0.731. The normalized spacial score (nSPS) is 13.9. The van der Waals surface area contributed by atoms with Crippen LogP contribution in [0.4, 0.5) is 0 Å². The summed E-state index contributed by atoms with van der Waals surface area (Å²) < 4.78 is 34.2. The van der Waals surface area contributed by atoms with Gasteiger partial charge < -0.3 is 27.9 Å². The zero-order chi connectivity index (χ0) is 56.3. The Morgan fingerprint density at radius 2 is 0.740 bits per heavy atom. The third-order valence-corrected chi connectivity index (χ3v) is 14.3. The maximum Gasteiger partial charge on any atom is 0.306 e. The smallest absolute Gasteiger partial charge is 0.306 e. The minimum Gasteiger partial charge on any atom is -0.756 e. The number of esters is 2. The Labute approximate surface area is 474 Å². The topological polar surface area (TPSA) is 111 Å². The number of carbonyl (C=O) groups is 2. The van der Waals surface area contributed by atoms with Crippen molar-refractivity contribution in [3.63, 3.8) is 0 Å². The van der Waals surface area contributed by atoms with Crippen molar-refractivity contribution in [3.8, 4) is 0 Å². The van der Waals surface area contributed by atoms with E-state index in [4.69, 9.17) is 18.5 Å². The zero-order valence-corrected chi connectivity index (χ0v) is 51.3. The molecular formula is C67H118NO8P. The van der Waals surface area contributed by atoms with Gasteiger partial charge in [0.1, 0.15) is 19.8 Å². The van der Waals surface area contributed by atoms with Crippen LogP contribution in [-0.4, -0.2) is 70.0 Å². The van der Waals surface area contributed by atoms with Crippen LogP contribution in [0.5, 0.6) is 0 Å². The van der Waals surface area contributed by atoms with Crippen LogP contribution in [0.1, 0.15) is 264 Å². The Balaban J connectivity index is 4.02. The van der Waals surface area contributed by atoms with Crippen molar-refractivity contribution in [2.24, 2.45) is 0 Å². The number of allylic oxidation sites excluding steroid dienone is 16. The molecule has 0 aromatic heterocycles. The number of quaternary nitrogens is 1. The Morgan fingerprint density at radius 1 is 0.416 bits per heavy atom. The Bertz CT molecular complexity index is 1620. The van der Waals surface area contributed by atoms with Gasteiger partial charge in [0.25, 0.3) is 7.82 Å². The summed E-state index contributed by atoms with van der Waals surface area (Å²) in [5, 5.41) is 0. The van der Waals surface area contributed by atoms with Crippen LogP contribution in [0.25, 0.3) is 0 Å². The monoisotopic (exact) mass is 1100 g/mol. The predicted molar refractivity (Wildman–Crippen MR) is 328 cm³/mol. The van der Waals surface area contributed by atoms with Gasteiger partial charge in [-0.05, 0) is 96.3 Å². The summed E-state index contributed by atoms with van der Waals surface area (Å²) in [6, 6.07) is 0. The Kier molecular flexibility index (Phi) is 55.3. The molecule has 0 rings (SSSR count). The predicted octanol–water partition coefficient (Wildman–Crippen LogP) is 19.4. The van der Waals surface area contributed by atoms with Crippen molar-refractivity contribution in [3.05, 3.63) is 97.2 Å². The second kappa shape index (κ2) is 57.6. The molecule has 0 aromatic rings. The molecule has 0 aromatic carbocycles. The summed E-state index contributed by atoms with van der Waals surface area (Å²) >= 11 is 0. The molecule has 0 N–H and O–H groups in total. The van der Waals surface area contributed by atoms with E-state index >= 15 is 0 Å². The number of ether oxygens (including phenoxy) is 2. The molecule has 0 spiro atoms. The summed E-state index contributed by atoms with van der Waals surface area (Å²) in [6.07, 6.45) is 79.0. The number of phosphoric acid groups is 1. The molecule has 2 atom stereocenters. The van der Waals surface area contributed by atoms with Crippen LogP contribution >= 0.6 is 7.82 Å². The molecule has 10 heteroatoms. The molecular weight excluding hydrogens is 978 g/mol. The van der Waals surface area contributed by atoms with Gasteiger partial charge in [-0.15, -0.1) is 0 Å². The van der Waals surface area contributed by atoms with Crippen LogP contribution in [0.2, 0.25) is 0 Å². The number of likely N-dealkylation sites (N-methyl/N-ethyl adjacent to an activating group) is 1. The molecule has 77 heavy (non-hydrogen) atoms. The Morgan fingerprint density at radius 3 is 1.10 bits per heavy atom. The summed E-state index contributed by atoms with van der Waals surface area (Å²) in [5.41, 5.74) is 0. The van der Waals surface area contributed by atoms with E-state index in [1.165, 1.54) is 128 Å². The van der Waals surface area contributed by atoms with E-state index in [2.05, 4.69) is 111 Å². The highest BCUT2D eigenvalue weighted by Gasteiger charge is 2.22. The minimum atomic E-state index is -4.64. The largest absolute Gasteiger partial charge is 0.756 e. The summed E-state index contributed by atoms with van der Waals surface area (Å²) in [5.74, 6) is -0.845. The Hall–Kier alpha value is -3.07. The van der Waals surface area contributed by atoms with Crippen LogP contribution < -0.4 is 4.89 Å². The van der Waals surface area contributed by atoms with Crippen molar-refractivity contribution in [1.82, 2.24) is 0 Å². The molecule has 2 unspecified atom stereocenters. The summed E-state index contributed by atoms with van der Waals surface area (Å²) in [6.45, 7) is 4.10. The van der Waals surface area contributed by atoms with Crippen molar-refractivity contribution in [1.29, 1.82) is 0 Å². The van der Waals surface area contributed by atoms with Crippen LogP contribution in [-0.2, 0) is 32.7 Å². The molecule has 0 aliphatic heterocycles. The fourth-order valence-corrected chi connectivity index (χ4v) is 9.24. The molecule has 9 nitrogen and oxygen atoms in total. The number of hydrogen-bond donors (Lipinski definition) is 0. The maximum atomic E-state index is 12.8. The fourth-order valence-electron chi connectivity index (χ4n) is 8.51. The van der Waals surface area contributed by atoms with Gasteiger partial charge in [-0.1, -0.05) is 252 Å². The van der Waals surface area contributed by atoms with E-state index in [0.717, 1.165) is 96.3 Å². The minimum absolute atomic E-state index is 0.0353. The van der Waals surface area contributed by atoms with E-state index < -0.39 is 32.5 Å². The standard InChI is InChI=1S/C67H118NO8P/c1-6-8-10-12-14-16-18-20-22-24-25-26-27-28-29-30-31-32-33-34-35-36-37-38-39-40-41-42-43-44-46-48-50-52-54-56-58-60-67(70)76-65(64-75-77(71,72)74-62-61-68(3,4)5)63-73-66(69)59-57-55-53-51-49-47-45-23-21-19-17-15-13-11-9-7-2/h8,10,14,16-17,19-20,22-23,25-26,28-29,31-32,45,65H,6-7,9,11-13,15,18,21,24,27,30,33-44,46-64H2,1-5H3/b10-8-,16-14-,19-17-,22-20-,26-25-,29-28-,32-31-,45-23-. The lowest BCUT2D eigenvalue weighted by atomic mass is 10.0. The van der Waals surface area contributed by atoms with E-state index in [1.807, 2.05) is 21.1 Å². The van der Waals surface area contributed by atoms with Crippen molar-refractivity contribution in [2.75, 3.05) is 47.5 Å². The highest BCUT2D eigenvalue weighted by atomic mass is 31.2. The third-order valence-electron chi connectivity index (χ3n) is 13.3. The van der Waals surface area contributed by atoms with Crippen molar-refractivity contribution >= 4 is 19.8 Å². The second-order valence-electron chi connectivity index (χ2n) is 22.0. The molecule has 0 bridgehead atoms. The van der Waals surface area contributed by atoms with Crippen molar-refractivity contribution in [2.45, 2.75) is 270 Å². The van der Waals surface area contributed by atoms with Gasteiger partial charge in [-0.3, -0.25) is 14.2 Å². The number of nitrogens with zero attached hydrogens (tertiary/aromatic N) is 1. The van der Waals surface area contributed by atoms with Crippen LogP contribution in [0.15, 0.2) is 97.2 Å². The second-order valence-corrected chi connectivity index (χ2v) is 23.4. The lowest BCUT2D eigenvalue weighted by molar-refractivity contribution is -0.870. The molecule has 0 saturated carbocycles. The van der Waals surface area contributed by atoms with Crippen molar-refractivity contribution < 1.29 is 42.1 Å². The van der Waals surface area contributed by atoms with E-state index in [1.54, 1.807) is 0 Å².